The summed E-state index contributed by atoms with van der Waals surface area (Å²) < 4.78 is 10.7. The van der Waals surface area contributed by atoms with Crippen molar-refractivity contribution in [3.05, 3.63) is 23.3 Å². The smallest absolute Gasteiger partial charge is 0.127 e. The van der Waals surface area contributed by atoms with Gasteiger partial charge in [0.25, 0.3) is 0 Å². The first-order valence-corrected chi connectivity index (χ1v) is 5.73. The fourth-order valence-corrected chi connectivity index (χ4v) is 1.89. The summed E-state index contributed by atoms with van der Waals surface area (Å²) in [5.41, 5.74) is 8.05. The molecule has 4 nitrogen and oxygen atoms in total. The fourth-order valence-electron chi connectivity index (χ4n) is 1.89. The van der Waals surface area contributed by atoms with Crippen LogP contribution in [0, 0.1) is 6.92 Å². The number of nitrogens with two attached hydrogens (primary N) is 1. The summed E-state index contributed by atoms with van der Waals surface area (Å²) >= 11 is 0. The van der Waals surface area contributed by atoms with Crippen LogP contribution in [0.5, 0.6) is 11.5 Å². The highest BCUT2D eigenvalue weighted by atomic mass is 35.5. The molecular weight excluding hydrogens is 254 g/mol. The standard InChI is InChI=1S/C13H21NO3.ClH/c1-9-7-11(16-2)13(12(8-9)17-3)10(14)5-4-6-15;/h7-8,10,15H,4-6,14H2,1-3H3;1H/t10-;/m1./s1. The number of rotatable bonds is 6. The van der Waals surface area contributed by atoms with E-state index in [1.54, 1.807) is 14.2 Å². The number of hydrogen-bond acceptors (Lipinski definition) is 4. The van der Waals surface area contributed by atoms with Crippen molar-refractivity contribution in [2.24, 2.45) is 5.73 Å². The SMILES string of the molecule is COc1cc(C)cc(OC)c1[C@H](N)CCCO.Cl. The van der Waals surface area contributed by atoms with Crippen molar-refractivity contribution >= 4 is 12.4 Å². The van der Waals surface area contributed by atoms with Gasteiger partial charge in [0.05, 0.1) is 19.8 Å². The van der Waals surface area contributed by atoms with Crippen LogP contribution in [0.3, 0.4) is 0 Å². The maximum Gasteiger partial charge on any atom is 0.127 e. The Hall–Kier alpha value is -0.970. The molecule has 1 rings (SSSR count). The second-order valence-electron chi connectivity index (χ2n) is 4.06. The molecule has 0 radical (unpaired) electrons. The highest BCUT2D eigenvalue weighted by molar-refractivity contribution is 5.85. The van der Waals surface area contributed by atoms with Crippen LogP contribution in [0.1, 0.15) is 30.0 Å². The van der Waals surface area contributed by atoms with E-state index in [9.17, 15) is 0 Å². The minimum atomic E-state index is -0.187. The van der Waals surface area contributed by atoms with Gasteiger partial charge in [-0.2, -0.15) is 0 Å². The molecule has 1 atom stereocenters. The normalized spacial score (nSPS) is 11.6. The average Bonchev–Trinajstić information content (AvgIpc) is 2.34. The molecule has 3 N–H and O–H groups in total. The first kappa shape index (κ1) is 17.0. The van der Waals surface area contributed by atoms with Crippen molar-refractivity contribution < 1.29 is 14.6 Å². The molecular formula is C13H22ClNO3. The zero-order valence-corrected chi connectivity index (χ0v) is 11.9. The summed E-state index contributed by atoms with van der Waals surface area (Å²) in [7, 11) is 3.24. The summed E-state index contributed by atoms with van der Waals surface area (Å²) in [6, 6.07) is 3.69. The third-order valence-corrected chi connectivity index (χ3v) is 2.73. The van der Waals surface area contributed by atoms with Crippen molar-refractivity contribution in [1.82, 2.24) is 0 Å². The number of aryl methyl sites for hydroxylation is 1. The molecule has 104 valence electrons. The van der Waals surface area contributed by atoms with Gasteiger partial charge in [0, 0.05) is 12.6 Å². The Morgan fingerprint density at radius 1 is 1.22 bits per heavy atom. The third-order valence-electron chi connectivity index (χ3n) is 2.73. The van der Waals surface area contributed by atoms with E-state index in [-0.39, 0.29) is 25.1 Å². The lowest BCUT2D eigenvalue weighted by Gasteiger charge is -2.19. The average molecular weight is 276 g/mol. The molecule has 0 spiro atoms. The summed E-state index contributed by atoms with van der Waals surface area (Å²) in [6.07, 6.45) is 1.37. The van der Waals surface area contributed by atoms with Gasteiger partial charge in [0.2, 0.25) is 0 Å². The van der Waals surface area contributed by atoms with Gasteiger partial charge >= 0.3 is 0 Å². The minimum absolute atomic E-state index is 0. The van der Waals surface area contributed by atoms with E-state index in [1.165, 1.54) is 0 Å². The molecule has 0 amide bonds. The predicted molar refractivity (Wildman–Crippen MR) is 74.8 cm³/mol. The highest BCUT2D eigenvalue weighted by Crippen LogP contribution is 2.36. The molecule has 0 heterocycles. The number of aliphatic hydroxyl groups is 1. The molecule has 0 bridgehead atoms. The molecule has 1 aromatic carbocycles. The van der Waals surface area contributed by atoms with Crippen molar-refractivity contribution in [2.45, 2.75) is 25.8 Å². The number of benzene rings is 1. The monoisotopic (exact) mass is 275 g/mol. The molecule has 0 saturated heterocycles. The summed E-state index contributed by atoms with van der Waals surface area (Å²) in [4.78, 5) is 0. The predicted octanol–water partition coefficient (Wildman–Crippen LogP) is 2.21. The van der Waals surface area contributed by atoms with Gasteiger partial charge in [-0.15, -0.1) is 12.4 Å². The van der Waals surface area contributed by atoms with E-state index < -0.39 is 0 Å². The summed E-state index contributed by atoms with van der Waals surface area (Å²) in [6.45, 7) is 2.12. The first-order valence-electron chi connectivity index (χ1n) is 5.73. The molecule has 0 aliphatic heterocycles. The largest absolute Gasteiger partial charge is 0.496 e. The molecule has 0 unspecified atom stereocenters. The number of methoxy groups -OCH3 is 2. The molecule has 0 fully saturated rings. The van der Waals surface area contributed by atoms with Gasteiger partial charge in [0.1, 0.15) is 11.5 Å². The van der Waals surface area contributed by atoms with Gasteiger partial charge in [0.15, 0.2) is 0 Å². The van der Waals surface area contributed by atoms with Crippen LogP contribution < -0.4 is 15.2 Å². The lowest BCUT2D eigenvalue weighted by Crippen LogP contribution is -2.13. The van der Waals surface area contributed by atoms with Crippen LogP contribution in [-0.4, -0.2) is 25.9 Å². The topological polar surface area (TPSA) is 64.7 Å². The fraction of sp³-hybridized carbons (Fsp3) is 0.538. The van der Waals surface area contributed by atoms with Gasteiger partial charge in [-0.1, -0.05) is 0 Å². The Morgan fingerprint density at radius 2 is 1.72 bits per heavy atom. The zero-order chi connectivity index (χ0) is 12.8. The second-order valence-corrected chi connectivity index (χ2v) is 4.06. The summed E-state index contributed by atoms with van der Waals surface area (Å²) in [5, 5.41) is 8.84. The van der Waals surface area contributed by atoms with Crippen molar-refractivity contribution in [3.8, 4) is 11.5 Å². The molecule has 0 aliphatic carbocycles. The molecule has 0 aromatic heterocycles. The van der Waals surface area contributed by atoms with E-state index in [0.29, 0.717) is 12.8 Å². The van der Waals surface area contributed by atoms with Crippen LogP contribution in [0.4, 0.5) is 0 Å². The Bertz CT molecular complexity index is 346. The Morgan fingerprint density at radius 3 is 2.11 bits per heavy atom. The highest BCUT2D eigenvalue weighted by Gasteiger charge is 2.17. The van der Waals surface area contributed by atoms with Crippen molar-refractivity contribution in [2.75, 3.05) is 20.8 Å². The van der Waals surface area contributed by atoms with Crippen LogP contribution in [-0.2, 0) is 0 Å². The Balaban J connectivity index is 0.00000289. The maximum atomic E-state index is 8.84. The molecule has 0 aliphatic rings. The third kappa shape index (κ3) is 4.05. The van der Waals surface area contributed by atoms with Crippen molar-refractivity contribution in [3.63, 3.8) is 0 Å². The lowest BCUT2D eigenvalue weighted by atomic mass is 9.99. The van der Waals surface area contributed by atoms with Gasteiger partial charge in [-0.3, -0.25) is 0 Å². The quantitative estimate of drug-likeness (QED) is 0.835. The molecule has 5 heteroatoms. The molecule has 1 aromatic rings. The number of ether oxygens (including phenoxy) is 2. The van der Waals surface area contributed by atoms with E-state index in [4.69, 9.17) is 20.3 Å². The van der Waals surface area contributed by atoms with Crippen molar-refractivity contribution in [1.29, 1.82) is 0 Å². The van der Waals surface area contributed by atoms with Crippen LogP contribution >= 0.6 is 12.4 Å². The van der Waals surface area contributed by atoms with Crippen LogP contribution in [0.15, 0.2) is 12.1 Å². The number of aliphatic hydroxyl groups excluding tert-OH is 1. The van der Waals surface area contributed by atoms with Crippen LogP contribution in [0.2, 0.25) is 0 Å². The van der Waals surface area contributed by atoms with E-state index in [0.717, 1.165) is 22.6 Å². The number of halogens is 1. The second kappa shape index (κ2) is 8.19. The maximum absolute atomic E-state index is 8.84. The van der Waals surface area contributed by atoms with E-state index in [1.807, 2.05) is 19.1 Å². The van der Waals surface area contributed by atoms with E-state index >= 15 is 0 Å². The Kier molecular flexibility index (Phi) is 7.75. The molecule has 0 saturated carbocycles. The van der Waals surface area contributed by atoms with Crippen LogP contribution in [0.25, 0.3) is 0 Å². The van der Waals surface area contributed by atoms with Gasteiger partial charge in [-0.05, 0) is 37.5 Å². The lowest BCUT2D eigenvalue weighted by molar-refractivity contribution is 0.278. The summed E-state index contributed by atoms with van der Waals surface area (Å²) in [5.74, 6) is 1.49. The Labute approximate surface area is 115 Å². The van der Waals surface area contributed by atoms with Gasteiger partial charge in [-0.25, -0.2) is 0 Å². The van der Waals surface area contributed by atoms with E-state index in [2.05, 4.69) is 0 Å². The van der Waals surface area contributed by atoms with Gasteiger partial charge < -0.3 is 20.3 Å². The minimum Gasteiger partial charge on any atom is -0.496 e. The zero-order valence-electron chi connectivity index (χ0n) is 11.1. The molecule has 18 heavy (non-hydrogen) atoms. The number of hydrogen-bond donors (Lipinski definition) is 2. The first-order chi connectivity index (χ1) is 8.13.